The number of aromatic nitrogens is 3. The average Bonchev–Trinajstić information content (AvgIpc) is 3.01. The van der Waals surface area contributed by atoms with Crippen molar-refractivity contribution in [1.29, 1.82) is 0 Å². The van der Waals surface area contributed by atoms with Crippen molar-refractivity contribution in [2.24, 2.45) is 0 Å². The van der Waals surface area contributed by atoms with E-state index in [-0.39, 0.29) is 24.9 Å². The predicted octanol–water partition coefficient (Wildman–Crippen LogP) is 3.84. The molecule has 1 aromatic carbocycles. The lowest BCUT2D eigenvalue weighted by atomic mass is 10.00. The Balaban J connectivity index is 1.30. The molecular weight excluding hydrogens is 539 g/mol. The second kappa shape index (κ2) is 15.8. The van der Waals surface area contributed by atoms with E-state index in [9.17, 15) is 19.1 Å². The molecule has 10 nitrogen and oxygen atoms in total. The molecular formula is C31H39FN6O4. The van der Waals surface area contributed by atoms with Gasteiger partial charge in [-0.15, -0.1) is 0 Å². The predicted molar refractivity (Wildman–Crippen MR) is 157 cm³/mol. The van der Waals surface area contributed by atoms with Crippen molar-refractivity contribution in [3.63, 3.8) is 0 Å². The zero-order valence-corrected chi connectivity index (χ0v) is 24.0. The van der Waals surface area contributed by atoms with Gasteiger partial charge in [-0.1, -0.05) is 36.4 Å². The number of halogens is 1. The summed E-state index contributed by atoms with van der Waals surface area (Å²) in [5.41, 5.74) is 3.14. The number of carboxylic acids is 1. The number of carbonyl (C=O) groups is 2. The van der Waals surface area contributed by atoms with Crippen molar-refractivity contribution in [1.82, 2.24) is 25.2 Å². The molecule has 2 unspecified atom stereocenters. The number of rotatable bonds is 16. The number of hydrogen-bond donors (Lipinski definition) is 3. The van der Waals surface area contributed by atoms with Crippen LogP contribution in [-0.4, -0.2) is 75.7 Å². The van der Waals surface area contributed by atoms with Gasteiger partial charge in [0.25, 0.3) is 0 Å². The van der Waals surface area contributed by atoms with Gasteiger partial charge < -0.3 is 20.5 Å². The third-order valence-electron chi connectivity index (χ3n) is 7.39. The fourth-order valence-corrected chi connectivity index (χ4v) is 4.88. The molecule has 3 N–H and O–H groups in total. The molecule has 224 valence electrons. The van der Waals surface area contributed by atoms with Crippen LogP contribution in [0.25, 0.3) is 0 Å². The minimum atomic E-state index is -1.08. The number of nitrogens with zero attached hydrogens (tertiary/aromatic N) is 4. The first-order valence-corrected chi connectivity index (χ1v) is 14.5. The molecule has 1 aliphatic heterocycles. The third-order valence-corrected chi connectivity index (χ3v) is 7.39. The van der Waals surface area contributed by atoms with E-state index in [1.807, 2.05) is 30.3 Å². The van der Waals surface area contributed by atoms with Gasteiger partial charge in [-0.2, -0.15) is 0 Å². The fourth-order valence-electron chi connectivity index (χ4n) is 4.88. The minimum Gasteiger partial charge on any atom is -0.480 e. The highest BCUT2D eigenvalue weighted by Crippen LogP contribution is 2.20. The molecule has 42 heavy (non-hydrogen) atoms. The van der Waals surface area contributed by atoms with Crippen molar-refractivity contribution in [3.8, 4) is 6.01 Å². The molecule has 0 saturated heterocycles. The summed E-state index contributed by atoms with van der Waals surface area (Å²) in [5.74, 6) is -1.43. The molecule has 3 aromatic rings. The Hall–Kier alpha value is -4.12. The van der Waals surface area contributed by atoms with Crippen LogP contribution in [0.15, 0.2) is 54.9 Å². The smallest absolute Gasteiger partial charge is 0.326 e. The monoisotopic (exact) mass is 578 g/mol. The highest BCUT2D eigenvalue weighted by atomic mass is 19.1. The number of amides is 1. The lowest BCUT2D eigenvalue weighted by Gasteiger charge is -2.25. The number of nitrogens with one attached hydrogen (secondary N) is 2. The average molecular weight is 579 g/mol. The highest BCUT2D eigenvalue weighted by Gasteiger charge is 2.24. The van der Waals surface area contributed by atoms with Gasteiger partial charge in [0.05, 0.1) is 18.3 Å². The van der Waals surface area contributed by atoms with Crippen molar-refractivity contribution in [2.75, 3.05) is 38.1 Å². The number of anilines is 1. The van der Waals surface area contributed by atoms with Crippen molar-refractivity contribution in [2.45, 2.75) is 57.4 Å². The lowest BCUT2D eigenvalue weighted by Crippen LogP contribution is -2.45. The molecule has 2 aromatic heterocycles. The molecule has 0 radical (unpaired) electrons. The summed E-state index contributed by atoms with van der Waals surface area (Å²) < 4.78 is 18.7. The second-order valence-electron chi connectivity index (χ2n) is 10.5. The van der Waals surface area contributed by atoms with Gasteiger partial charge >= 0.3 is 12.0 Å². The van der Waals surface area contributed by atoms with Crippen LogP contribution in [0.4, 0.5) is 10.2 Å². The van der Waals surface area contributed by atoms with E-state index in [0.717, 1.165) is 68.1 Å². The maximum atomic E-state index is 13.1. The molecule has 3 heterocycles. The summed E-state index contributed by atoms with van der Waals surface area (Å²) in [7, 11) is 0. The Labute approximate surface area is 245 Å². The number of benzene rings is 1. The normalized spacial score (nSPS) is 14.0. The van der Waals surface area contributed by atoms with Gasteiger partial charge in [-0.3, -0.25) is 9.69 Å². The van der Waals surface area contributed by atoms with Crippen molar-refractivity contribution >= 4 is 17.7 Å². The number of aryl methyl sites for hydroxylation is 2. The van der Waals surface area contributed by atoms with Crippen LogP contribution in [0.1, 0.15) is 55.3 Å². The number of hydrogen-bond acceptors (Lipinski definition) is 8. The summed E-state index contributed by atoms with van der Waals surface area (Å²) in [6.07, 6.45) is 7.12. The number of aliphatic carboxylic acids is 1. The first-order valence-electron chi connectivity index (χ1n) is 14.5. The maximum Gasteiger partial charge on any atom is 0.326 e. The molecule has 0 saturated carbocycles. The van der Waals surface area contributed by atoms with Crippen LogP contribution in [0, 0.1) is 5.82 Å². The molecule has 1 aliphatic rings. The Kier molecular flexibility index (Phi) is 11.6. The van der Waals surface area contributed by atoms with Crippen molar-refractivity contribution < 1.29 is 23.8 Å². The number of carboxylic acid groups (broad SMARTS) is 1. The van der Waals surface area contributed by atoms with Gasteiger partial charge in [0, 0.05) is 25.3 Å². The number of ether oxygens (including phenoxy) is 1. The summed E-state index contributed by atoms with van der Waals surface area (Å²) in [5, 5.41) is 15.9. The number of pyridine rings is 1. The summed E-state index contributed by atoms with van der Waals surface area (Å²) in [6.45, 7) is 4.59. The molecule has 0 spiro atoms. The van der Waals surface area contributed by atoms with Gasteiger partial charge in [-0.05, 0) is 69.2 Å². The summed E-state index contributed by atoms with van der Waals surface area (Å²) in [6, 6.07) is 12.6. The van der Waals surface area contributed by atoms with Gasteiger partial charge in [0.1, 0.15) is 18.5 Å². The number of fused-ring (bicyclic) bond motifs is 1. The molecule has 4 rings (SSSR count). The van der Waals surface area contributed by atoms with Crippen LogP contribution in [0.3, 0.4) is 0 Å². The molecule has 0 aliphatic carbocycles. The second-order valence-corrected chi connectivity index (χ2v) is 10.5. The van der Waals surface area contributed by atoms with Crippen molar-refractivity contribution in [3.05, 3.63) is 77.5 Å². The van der Waals surface area contributed by atoms with Crippen LogP contribution < -0.4 is 15.4 Å². The SMILES string of the molecule is CC(C(=O)NC(CCN(CCCCc1ccc2c(n1)NCCC2)CCOc1ncc(F)cn1)C(=O)O)c1ccccc1. The Morgan fingerprint density at radius 3 is 2.64 bits per heavy atom. The van der Waals surface area contributed by atoms with E-state index >= 15 is 0 Å². The zero-order chi connectivity index (χ0) is 29.7. The molecule has 0 fully saturated rings. The number of carbonyl (C=O) groups excluding carboxylic acids is 1. The summed E-state index contributed by atoms with van der Waals surface area (Å²) >= 11 is 0. The van der Waals surface area contributed by atoms with E-state index in [1.165, 1.54) is 5.56 Å². The highest BCUT2D eigenvalue weighted by molar-refractivity contribution is 5.87. The Morgan fingerprint density at radius 2 is 1.88 bits per heavy atom. The maximum absolute atomic E-state index is 13.1. The van der Waals surface area contributed by atoms with Crippen LogP contribution >= 0.6 is 0 Å². The molecule has 1 amide bonds. The largest absolute Gasteiger partial charge is 0.480 e. The fraction of sp³-hybridized carbons (Fsp3) is 0.452. The van der Waals surface area contributed by atoms with Crippen LogP contribution in [0.5, 0.6) is 6.01 Å². The van der Waals surface area contributed by atoms with Gasteiger partial charge in [0.2, 0.25) is 5.91 Å². The van der Waals surface area contributed by atoms with E-state index in [0.29, 0.717) is 19.6 Å². The first kappa shape index (κ1) is 30.8. The number of unbranched alkanes of at least 4 members (excludes halogenated alkanes) is 1. The first-order chi connectivity index (χ1) is 20.4. The minimum absolute atomic E-state index is 0.0778. The topological polar surface area (TPSA) is 130 Å². The molecule has 11 heteroatoms. The zero-order valence-electron chi connectivity index (χ0n) is 24.0. The third kappa shape index (κ3) is 9.47. The Bertz CT molecular complexity index is 1290. The summed E-state index contributed by atoms with van der Waals surface area (Å²) in [4.78, 5) is 39.4. The van der Waals surface area contributed by atoms with E-state index in [1.54, 1.807) is 6.92 Å². The molecule has 0 bridgehead atoms. The van der Waals surface area contributed by atoms with E-state index < -0.39 is 23.7 Å². The van der Waals surface area contributed by atoms with Gasteiger partial charge in [-0.25, -0.2) is 24.1 Å². The quantitative estimate of drug-likeness (QED) is 0.217. The van der Waals surface area contributed by atoms with Crippen LogP contribution in [0.2, 0.25) is 0 Å². The van der Waals surface area contributed by atoms with E-state index in [2.05, 4.69) is 37.6 Å². The van der Waals surface area contributed by atoms with Gasteiger partial charge in [0.15, 0.2) is 5.82 Å². The van der Waals surface area contributed by atoms with Crippen LogP contribution in [-0.2, 0) is 22.4 Å². The Morgan fingerprint density at radius 1 is 1.10 bits per heavy atom. The lowest BCUT2D eigenvalue weighted by molar-refractivity contribution is -0.142. The van der Waals surface area contributed by atoms with E-state index in [4.69, 9.17) is 9.72 Å². The molecule has 2 atom stereocenters. The standard InChI is InChI=1S/C31H39FN6O4/c1-22(23-8-3-2-4-9-23)29(39)37-27(30(40)41)14-17-38(18-19-42-31-34-20-25(32)21-35-31)16-6-5-11-26-13-12-24-10-7-15-33-28(24)36-26/h2-4,8-9,12-13,20-22,27H,5-7,10-11,14-19H2,1H3,(H,33,36)(H,37,39)(H,40,41).